The highest BCUT2D eigenvalue weighted by Gasteiger charge is 2.20. The van der Waals surface area contributed by atoms with Crippen LogP contribution in [0.25, 0.3) is 0 Å². The van der Waals surface area contributed by atoms with Gasteiger partial charge in [-0.25, -0.2) is 9.18 Å². The number of benzene rings is 1. The van der Waals surface area contributed by atoms with Crippen molar-refractivity contribution < 1.29 is 18.7 Å². The lowest BCUT2D eigenvalue weighted by Crippen LogP contribution is -2.37. The molecule has 0 radical (unpaired) electrons. The molecule has 2 N–H and O–H groups in total. The number of methoxy groups -OCH3 is 1. The molecule has 1 fully saturated rings. The number of hydrogen-bond donors (Lipinski definition) is 1. The van der Waals surface area contributed by atoms with Gasteiger partial charge in [0.25, 0.3) is 0 Å². The van der Waals surface area contributed by atoms with Crippen molar-refractivity contribution in [1.29, 1.82) is 0 Å². The number of carbonyl (C=O) groups is 1. The van der Waals surface area contributed by atoms with Crippen molar-refractivity contribution in [2.45, 2.75) is 0 Å². The van der Waals surface area contributed by atoms with Gasteiger partial charge in [-0.1, -0.05) is 0 Å². The Bertz CT molecular complexity index is 459. The summed E-state index contributed by atoms with van der Waals surface area (Å²) in [5.74, 6) is -1.01. The van der Waals surface area contributed by atoms with Crippen molar-refractivity contribution in [1.82, 2.24) is 0 Å². The zero-order valence-corrected chi connectivity index (χ0v) is 10.1. The summed E-state index contributed by atoms with van der Waals surface area (Å²) in [4.78, 5) is 13.3. The third-order valence-corrected chi connectivity index (χ3v) is 2.88. The molecule has 1 saturated heterocycles. The van der Waals surface area contributed by atoms with Gasteiger partial charge in [0.1, 0.15) is 5.82 Å². The molecule has 18 heavy (non-hydrogen) atoms. The van der Waals surface area contributed by atoms with Crippen LogP contribution >= 0.6 is 0 Å². The van der Waals surface area contributed by atoms with Gasteiger partial charge in [-0.3, -0.25) is 0 Å². The summed E-state index contributed by atoms with van der Waals surface area (Å²) < 4.78 is 23.7. The standard InChI is InChI=1S/C12H15FN2O3/c1-17-12(16)8-6-11(9(13)7-10(8)14)15-2-4-18-5-3-15/h6-7H,2-5,14H2,1H3. The van der Waals surface area contributed by atoms with Crippen LogP contribution in [0.1, 0.15) is 10.4 Å². The lowest BCUT2D eigenvalue weighted by molar-refractivity contribution is 0.0602. The highest BCUT2D eigenvalue weighted by Crippen LogP contribution is 2.26. The predicted molar refractivity (Wildman–Crippen MR) is 65.2 cm³/mol. The van der Waals surface area contributed by atoms with E-state index < -0.39 is 11.8 Å². The van der Waals surface area contributed by atoms with Crippen LogP contribution in [0.4, 0.5) is 15.8 Å². The maximum Gasteiger partial charge on any atom is 0.340 e. The number of nitrogen functional groups attached to an aromatic ring is 1. The van der Waals surface area contributed by atoms with Gasteiger partial charge in [0, 0.05) is 18.8 Å². The molecule has 2 rings (SSSR count). The van der Waals surface area contributed by atoms with Crippen LogP contribution in [-0.2, 0) is 9.47 Å². The van der Waals surface area contributed by atoms with E-state index >= 15 is 0 Å². The molecule has 0 amide bonds. The summed E-state index contributed by atoms with van der Waals surface area (Å²) in [6, 6.07) is 2.58. The first-order valence-corrected chi connectivity index (χ1v) is 5.63. The topological polar surface area (TPSA) is 64.8 Å². The lowest BCUT2D eigenvalue weighted by atomic mass is 10.1. The van der Waals surface area contributed by atoms with Crippen molar-refractivity contribution in [2.24, 2.45) is 0 Å². The quantitative estimate of drug-likeness (QED) is 0.631. The molecule has 5 nitrogen and oxygen atoms in total. The third kappa shape index (κ3) is 2.38. The molecular formula is C12H15FN2O3. The van der Waals surface area contributed by atoms with Crippen molar-refractivity contribution in [3.63, 3.8) is 0 Å². The van der Waals surface area contributed by atoms with E-state index in [0.29, 0.717) is 32.0 Å². The summed E-state index contributed by atoms with van der Waals surface area (Å²) in [6.45, 7) is 2.25. The monoisotopic (exact) mass is 254 g/mol. The fourth-order valence-corrected chi connectivity index (χ4v) is 1.91. The first-order chi connectivity index (χ1) is 8.63. The van der Waals surface area contributed by atoms with Crippen LogP contribution in [0.5, 0.6) is 0 Å². The van der Waals surface area contributed by atoms with Crippen molar-refractivity contribution >= 4 is 17.3 Å². The first-order valence-electron chi connectivity index (χ1n) is 5.63. The zero-order valence-electron chi connectivity index (χ0n) is 10.1. The number of halogens is 1. The van der Waals surface area contributed by atoms with E-state index in [1.54, 1.807) is 0 Å². The van der Waals surface area contributed by atoms with E-state index in [0.717, 1.165) is 6.07 Å². The molecule has 0 saturated carbocycles. The number of esters is 1. The van der Waals surface area contributed by atoms with E-state index in [-0.39, 0.29) is 11.3 Å². The molecule has 98 valence electrons. The normalized spacial score (nSPS) is 15.6. The average molecular weight is 254 g/mol. The van der Waals surface area contributed by atoms with Gasteiger partial charge >= 0.3 is 5.97 Å². The Hall–Kier alpha value is -1.82. The summed E-state index contributed by atoms with van der Waals surface area (Å²) in [5.41, 5.74) is 6.23. The minimum Gasteiger partial charge on any atom is -0.465 e. The van der Waals surface area contributed by atoms with Gasteiger partial charge in [-0.2, -0.15) is 0 Å². The minimum atomic E-state index is -0.568. The number of rotatable bonds is 2. The van der Waals surface area contributed by atoms with Gasteiger partial charge in [0.2, 0.25) is 0 Å². The Morgan fingerprint density at radius 2 is 2.11 bits per heavy atom. The largest absolute Gasteiger partial charge is 0.465 e. The third-order valence-electron chi connectivity index (χ3n) is 2.88. The molecule has 0 spiro atoms. The molecule has 6 heteroatoms. The Kier molecular flexibility index (Phi) is 3.66. The van der Waals surface area contributed by atoms with Gasteiger partial charge in [0.15, 0.2) is 0 Å². The maximum atomic E-state index is 13.9. The van der Waals surface area contributed by atoms with E-state index in [1.165, 1.54) is 13.2 Å². The number of nitrogens with two attached hydrogens (primary N) is 1. The van der Waals surface area contributed by atoms with Gasteiger partial charge < -0.3 is 20.1 Å². The highest BCUT2D eigenvalue weighted by molar-refractivity contribution is 5.96. The second-order valence-corrected chi connectivity index (χ2v) is 3.98. The fourth-order valence-electron chi connectivity index (χ4n) is 1.91. The summed E-state index contributed by atoms with van der Waals surface area (Å²) in [7, 11) is 1.26. The number of nitrogens with zero attached hydrogens (tertiary/aromatic N) is 1. The van der Waals surface area contributed by atoms with Crippen molar-refractivity contribution in [2.75, 3.05) is 44.0 Å². The first kappa shape index (κ1) is 12.6. The van der Waals surface area contributed by atoms with E-state index in [4.69, 9.17) is 10.5 Å². The highest BCUT2D eigenvalue weighted by atomic mass is 19.1. The maximum absolute atomic E-state index is 13.9. The number of morpholine rings is 1. The number of hydrogen-bond acceptors (Lipinski definition) is 5. The Morgan fingerprint density at radius 3 is 2.72 bits per heavy atom. The zero-order chi connectivity index (χ0) is 13.1. The summed E-state index contributed by atoms with van der Waals surface area (Å²) >= 11 is 0. The Balaban J connectivity index is 2.37. The molecule has 1 heterocycles. The van der Waals surface area contributed by atoms with E-state index in [9.17, 15) is 9.18 Å². The smallest absolute Gasteiger partial charge is 0.340 e. The van der Waals surface area contributed by atoms with E-state index in [2.05, 4.69) is 4.74 Å². The molecule has 1 aromatic carbocycles. The van der Waals surface area contributed by atoms with Gasteiger partial charge in [-0.05, 0) is 12.1 Å². The average Bonchev–Trinajstić information content (AvgIpc) is 2.39. The Labute approximate surface area is 104 Å². The van der Waals surface area contributed by atoms with Crippen LogP contribution in [0.15, 0.2) is 12.1 Å². The number of ether oxygens (including phenoxy) is 2. The van der Waals surface area contributed by atoms with Gasteiger partial charge in [0.05, 0.1) is 31.6 Å². The van der Waals surface area contributed by atoms with Crippen molar-refractivity contribution in [3.05, 3.63) is 23.5 Å². The van der Waals surface area contributed by atoms with Crippen LogP contribution < -0.4 is 10.6 Å². The van der Waals surface area contributed by atoms with Crippen molar-refractivity contribution in [3.8, 4) is 0 Å². The molecular weight excluding hydrogens is 239 g/mol. The lowest BCUT2D eigenvalue weighted by Gasteiger charge is -2.29. The predicted octanol–water partition coefficient (Wildman–Crippen LogP) is 1.03. The molecule has 1 aliphatic heterocycles. The molecule has 0 atom stereocenters. The summed E-state index contributed by atoms with van der Waals surface area (Å²) in [6.07, 6.45) is 0. The van der Waals surface area contributed by atoms with Crippen LogP contribution in [0, 0.1) is 5.82 Å². The second-order valence-electron chi connectivity index (χ2n) is 3.98. The summed E-state index contributed by atoms with van der Waals surface area (Å²) in [5, 5.41) is 0. The van der Waals surface area contributed by atoms with E-state index in [1.807, 2.05) is 4.90 Å². The number of anilines is 2. The fraction of sp³-hybridized carbons (Fsp3) is 0.417. The molecule has 0 bridgehead atoms. The molecule has 0 aliphatic carbocycles. The van der Waals surface area contributed by atoms with Crippen LogP contribution in [0.3, 0.4) is 0 Å². The molecule has 1 aromatic rings. The van der Waals surface area contributed by atoms with Crippen LogP contribution in [-0.4, -0.2) is 39.4 Å². The minimum absolute atomic E-state index is 0.0800. The number of carbonyl (C=O) groups excluding carboxylic acids is 1. The molecule has 1 aliphatic rings. The second kappa shape index (κ2) is 5.22. The Morgan fingerprint density at radius 1 is 1.44 bits per heavy atom. The molecule has 0 aromatic heterocycles. The van der Waals surface area contributed by atoms with Gasteiger partial charge in [-0.15, -0.1) is 0 Å². The molecule has 0 unspecified atom stereocenters. The SMILES string of the molecule is COC(=O)c1cc(N2CCOCC2)c(F)cc1N. The van der Waals surface area contributed by atoms with Crippen LogP contribution in [0.2, 0.25) is 0 Å².